The van der Waals surface area contributed by atoms with Crippen molar-refractivity contribution in [1.82, 2.24) is 9.21 Å². The molecule has 7 nitrogen and oxygen atoms in total. The predicted octanol–water partition coefficient (Wildman–Crippen LogP) is 4.13. The van der Waals surface area contributed by atoms with Gasteiger partial charge in [-0.15, -0.1) is 0 Å². The Bertz CT molecular complexity index is 1320. The van der Waals surface area contributed by atoms with Crippen LogP contribution in [-0.2, 0) is 10.0 Å². The molecule has 2 aromatic carbocycles. The molecule has 1 fully saturated rings. The minimum absolute atomic E-state index is 0.224. The van der Waals surface area contributed by atoms with Gasteiger partial charge in [0.25, 0.3) is 5.91 Å². The number of hydrogen-bond donors (Lipinski definition) is 0. The van der Waals surface area contributed by atoms with Crippen LogP contribution in [-0.4, -0.2) is 56.8 Å². The number of furan rings is 1. The number of carbonyl (C=O) groups is 1. The molecule has 1 aliphatic rings. The Morgan fingerprint density at radius 1 is 0.909 bits per heavy atom. The topological polar surface area (TPSA) is 80.1 Å². The number of amides is 1. The lowest BCUT2D eigenvalue weighted by molar-refractivity contribution is 0.0667. The van der Waals surface area contributed by atoms with Crippen molar-refractivity contribution in [2.24, 2.45) is 0 Å². The van der Waals surface area contributed by atoms with Gasteiger partial charge in [-0.25, -0.2) is 8.42 Å². The summed E-state index contributed by atoms with van der Waals surface area (Å²) in [4.78, 5) is 15.3. The Hall–Kier alpha value is -2.84. The van der Waals surface area contributed by atoms with Crippen LogP contribution in [0.15, 0.2) is 33.6 Å². The molecule has 1 saturated heterocycles. The van der Waals surface area contributed by atoms with Crippen LogP contribution in [0.25, 0.3) is 11.0 Å². The molecule has 0 spiro atoms. The maximum absolute atomic E-state index is 13.5. The van der Waals surface area contributed by atoms with Crippen LogP contribution in [0, 0.1) is 34.6 Å². The smallest absolute Gasteiger partial charge is 0.289 e. The second-order valence-corrected chi connectivity index (χ2v) is 10.6. The van der Waals surface area contributed by atoms with Crippen molar-refractivity contribution in [1.29, 1.82) is 0 Å². The van der Waals surface area contributed by atoms with Crippen LogP contribution in [0.3, 0.4) is 0 Å². The van der Waals surface area contributed by atoms with Crippen LogP contribution in [0.2, 0.25) is 0 Å². The van der Waals surface area contributed by atoms with E-state index in [-0.39, 0.29) is 24.8 Å². The highest BCUT2D eigenvalue weighted by molar-refractivity contribution is 7.89. The monoisotopic (exact) mass is 470 g/mol. The minimum Gasteiger partial charge on any atom is -0.497 e. The molecular weight excluding hydrogens is 440 g/mol. The van der Waals surface area contributed by atoms with E-state index in [4.69, 9.17) is 9.15 Å². The van der Waals surface area contributed by atoms with Crippen molar-refractivity contribution in [2.45, 2.75) is 39.5 Å². The van der Waals surface area contributed by atoms with Crippen molar-refractivity contribution < 1.29 is 22.4 Å². The van der Waals surface area contributed by atoms with Gasteiger partial charge in [0.05, 0.1) is 12.0 Å². The fourth-order valence-electron chi connectivity index (χ4n) is 4.50. The van der Waals surface area contributed by atoms with Crippen molar-refractivity contribution in [3.05, 3.63) is 57.8 Å². The molecule has 8 heteroatoms. The summed E-state index contributed by atoms with van der Waals surface area (Å²) in [6, 6.07) is 7.45. The summed E-state index contributed by atoms with van der Waals surface area (Å²) < 4.78 is 39.6. The maximum atomic E-state index is 13.5. The summed E-state index contributed by atoms with van der Waals surface area (Å²) in [7, 11) is -2.07. The van der Waals surface area contributed by atoms with E-state index in [9.17, 15) is 13.2 Å². The molecule has 1 aromatic heterocycles. The van der Waals surface area contributed by atoms with E-state index in [1.807, 2.05) is 46.8 Å². The lowest BCUT2D eigenvalue weighted by atomic mass is 10.0. The number of benzene rings is 2. The zero-order chi connectivity index (χ0) is 24.1. The van der Waals surface area contributed by atoms with Crippen molar-refractivity contribution in [3.63, 3.8) is 0 Å². The van der Waals surface area contributed by atoms with E-state index in [2.05, 4.69) is 0 Å². The van der Waals surface area contributed by atoms with Crippen LogP contribution in [0.4, 0.5) is 0 Å². The average molecular weight is 471 g/mol. The Kier molecular flexibility index (Phi) is 6.01. The number of sulfonamides is 1. The molecule has 0 radical (unpaired) electrons. The van der Waals surface area contributed by atoms with Gasteiger partial charge in [0.1, 0.15) is 11.3 Å². The molecule has 1 amide bonds. The van der Waals surface area contributed by atoms with E-state index in [0.717, 1.165) is 33.2 Å². The molecule has 0 atom stereocenters. The second kappa shape index (κ2) is 8.50. The molecular formula is C25H30N2O5S. The highest BCUT2D eigenvalue weighted by Gasteiger charge is 2.34. The molecule has 0 bridgehead atoms. The Morgan fingerprint density at radius 2 is 1.52 bits per heavy atom. The van der Waals surface area contributed by atoms with Crippen LogP contribution in [0.1, 0.15) is 38.4 Å². The average Bonchev–Trinajstić information content (AvgIpc) is 3.13. The molecule has 0 unspecified atom stereocenters. The highest BCUT2D eigenvalue weighted by Crippen LogP contribution is 2.31. The Balaban J connectivity index is 1.56. The number of fused-ring (bicyclic) bond motifs is 1. The molecule has 33 heavy (non-hydrogen) atoms. The molecule has 2 heterocycles. The quantitative estimate of drug-likeness (QED) is 0.573. The maximum Gasteiger partial charge on any atom is 0.289 e. The van der Waals surface area contributed by atoms with Gasteiger partial charge >= 0.3 is 0 Å². The zero-order valence-electron chi connectivity index (χ0n) is 20.0. The lowest BCUT2D eigenvalue weighted by Crippen LogP contribution is -2.50. The van der Waals surface area contributed by atoms with E-state index in [1.165, 1.54) is 4.31 Å². The van der Waals surface area contributed by atoms with Gasteiger partial charge in [0, 0.05) is 37.1 Å². The third kappa shape index (κ3) is 3.91. The predicted molar refractivity (Wildman–Crippen MR) is 128 cm³/mol. The second-order valence-electron chi connectivity index (χ2n) is 8.70. The van der Waals surface area contributed by atoms with Gasteiger partial charge in [-0.1, -0.05) is 6.07 Å². The minimum atomic E-state index is -3.66. The molecule has 0 saturated carbocycles. The standard InChI is InChI=1S/C25H30N2O5S/c1-15-13-16(2)18(4)24(17(15)3)33(29,30)27-11-9-26(10-12-27)25(28)23-19(5)21-14-20(31-6)7-8-22(21)32-23/h7-8,13-14H,9-12H2,1-6H3. The lowest BCUT2D eigenvalue weighted by Gasteiger charge is -2.34. The van der Waals surface area contributed by atoms with Gasteiger partial charge in [0.2, 0.25) is 10.0 Å². The van der Waals surface area contributed by atoms with Gasteiger partial charge in [-0.3, -0.25) is 4.79 Å². The Labute approximate surface area is 195 Å². The first kappa shape index (κ1) is 23.3. The van der Waals surface area contributed by atoms with Gasteiger partial charge < -0.3 is 14.1 Å². The summed E-state index contributed by atoms with van der Waals surface area (Å²) in [5.41, 5.74) is 4.86. The van der Waals surface area contributed by atoms with Crippen LogP contribution in [0.5, 0.6) is 5.75 Å². The number of rotatable bonds is 4. The third-order valence-electron chi connectivity index (χ3n) is 6.76. The van der Waals surface area contributed by atoms with Gasteiger partial charge in [-0.05, 0) is 75.1 Å². The van der Waals surface area contributed by atoms with Crippen molar-refractivity contribution in [3.8, 4) is 5.75 Å². The fourth-order valence-corrected chi connectivity index (χ4v) is 6.50. The molecule has 0 aliphatic carbocycles. The van der Waals surface area contributed by atoms with Gasteiger partial charge in [0.15, 0.2) is 5.76 Å². The number of methoxy groups -OCH3 is 1. The number of carbonyl (C=O) groups excluding carboxylic acids is 1. The first-order valence-corrected chi connectivity index (χ1v) is 12.4. The molecule has 3 aromatic rings. The van der Waals surface area contributed by atoms with Gasteiger partial charge in [-0.2, -0.15) is 4.31 Å². The normalized spacial score (nSPS) is 15.3. The molecule has 4 rings (SSSR count). The largest absolute Gasteiger partial charge is 0.497 e. The first-order valence-electron chi connectivity index (χ1n) is 11.0. The number of hydrogen-bond acceptors (Lipinski definition) is 5. The number of piperazine rings is 1. The molecule has 176 valence electrons. The van der Waals surface area contributed by atoms with Crippen molar-refractivity contribution >= 4 is 26.9 Å². The first-order chi connectivity index (χ1) is 15.6. The number of aryl methyl sites for hydroxylation is 3. The fraction of sp³-hybridized carbons (Fsp3) is 0.400. The third-order valence-corrected chi connectivity index (χ3v) is 8.93. The summed E-state index contributed by atoms with van der Waals surface area (Å²) >= 11 is 0. The Morgan fingerprint density at radius 3 is 2.09 bits per heavy atom. The summed E-state index contributed by atoms with van der Waals surface area (Å²) in [5.74, 6) is 0.759. The van der Waals surface area contributed by atoms with Crippen LogP contribution < -0.4 is 4.74 Å². The number of ether oxygens (including phenoxy) is 1. The summed E-state index contributed by atoms with van der Waals surface area (Å²) in [6.45, 7) is 10.5. The zero-order valence-corrected chi connectivity index (χ0v) is 20.8. The van der Waals surface area contributed by atoms with E-state index < -0.39 is 10.0 Å². The molecule has 1 aliphatic heterocycles. The van der Waals surface area contributed by atoms with Crippen molar-refractivity contribution in [2.75, 3.05) is 33.3 Å². The summed E-state index contributed by atoms with van der Waals surface area (Å²) in [6.07, 6.45) is 0. The molecule has 0 N–H and O–H groups in total. The number of nitrogens with zero attached hydrogens (tertiary/aromatic N) is 2. The SMILES string of the molecule is COc1ccc2oc(C(=O)N3CCN(S(=O)(=O)c4c(C)c(C)cc(C)c4C)CC3)c(C)c2c1. The van der Waals surface area contributed by atoms with E-state index >= 15 is 0 Å². The van der Waals surface area contributed by atoms with E-state index in [1.54, 1.807) is 24.1 Å². The summed E-state index contributed by atoms with van der Waals surface area (Å²) in [5, 5.41) is 0.833. The highest BCUT2D eigenvalue weighted by atomic mass is 32.2. The van der Waals surface area contributed by atoms with Crippen LogP contribution >= 0.6 is 0 Å². The van der Waals surface area contributed by atoms with E-state index in [0.29, 0.717) is 29.3 Å².